The van der Waals surface area contributed by atoms with Gasteiger partial charge >= 0.3 is 37.9 Å². The number of hydrogen-bond acceptors (Lipinski definition) is 0. The van der Waals surface area contributed by atoms with Crippen LogP contribution >= 0.6 is 17.0 Å². The summed E-state index contributed by atoms with van der Waals surface area (Å²) in [5, 5.41) is 0. The maximum absolute atomic E-state index is 4.93. The molecule has 0 nitrogen and oxygen atoms in total. The first-order valence-corrected chi connectivity index (χ1v) is 10.3. The van der Waals surface area contributed by atoms with Gasteiger partial charge in [0.2, 0.25) is 0 Å². The van der Waals surface area contributed by atoms with Crippen LogP contribution in [0.15, 0.2) is 24.3 Å². The van der Waals surface area contributed by atoms with Gasteiger partial charge in [0.1, 0.15) is 0 Å². The van der Waals surface area contributed by atoms with Crippen molar-refractivity contribution in [2.24, 2.45) is 0 Å². The molecule has 0 atom stereocenters. The zero-order valence-electron chi connectivity index (χ0n) is 7.35. The molecule has 2 rings (SSSR count). The fourth-order valence-electron chi connectivity index (χ4n) is 1.46. The molecule has 0 aliphatic heterocycles. The zero-order chi connectivity index (χ0) is 9.68. The summed E-state index contributed by atoms with van der Waals surface area (Å²) in [6, 6.07) is 6.48. The number of allylic oxidation sites excluding steroid dienone is 1. The van der Waals surface area contributed by atoms with Crippen LogP contribution in [0, 0.1) is 6.92 Å². The van der Waals surface area contributed by atoms with E-state index in [4.69, 9.17) is 17.0 Å². The first-order chi connectivity index (χ1) is 6.29. The number of rotatable bonds is 0. The molecule has 0 spiro atoms. The Morgan fingerprint density at radius 2 is 2.00 bits per heavy atom. The summed E-state index contributed by atoms with van der Waals surface area (Å²) in [7, 11) is 9.87. The molecular weight excluding hydrogens is 282 g/mol. The van der Waals surface area contributed by atoms with Crippen molar-refractivity contribution in [1.29, 1.82) is 0 Å². The SMILES string of the molecule is Cc1cccc2c1C=CC2.[Cl][Zr][Cl]. The molecule has 0 saturated carbocycles. The van der Waals surface area contributed by atoms with Gasteiger partial charge in [-0.2, -0.15) is 0 Å². The Hall–Kier alpha value is 0.423. The third kappa shape index (κ3) is 3.24. The summed E-state index contributed by atoms with van der Waals surface area (Å²) in [6.07, 6.45) is 5.55. The van der Waals surface area contributed by atoms with Gasteiger partial charge in [0, 0.05) is 0 Å². The van der Waals surface area contributed by atoms with Crippen molar-refractivity contribution in [2.45, 2.75) is 13.3 Å². The minimum absolute atomic E-state index is 0.826. The number of halogens is 2. The number of fused-ring (bicyclic) bond motifs is 1. The van der Waals surface area contributed by atoms with Crippen LogP contribution in [-0.2, 0) is 27.3 Å². The van der Waals surface area contributed by atoms with Crippen LogP contribution in [0.4, 0.5) is 0 Å². The van der Waals surface area contributed by atoms with Gasteiger partial charge in [-0.1, -0.05) is 30.4 Å². The maximum atomic E-state index is 4.93. The second kappa shape index (κ2) is 6.01. The molecule has 0 aromatic heterocycles. The van der Waals surface area contributed by atoms with Gasteiger partial charge in [0.05, 0.1) is 0 Å². The Balaban J connectivity index is 0.000000251. The molecule has 0 heterocycles. The van der Waals surface area contributed by atoms with Gasteiger partial charge in [-0.3, -0.25) is 0 Å². The van der Waals surface area contributed by atoms with E-state index >= 15 is 0 Å². The monoisotopic (exact) mass is 290 g/mol. The summed E-state index contributed by atoms with van der Waals surface area (Å²) < 4.78 is 0. The summed E-state index contributed by atoms with van der Waals surface area (Å²) in [5.74, 6) is 0. The predicted molar refractivity (Wildman–Crippen MR) is 55.6 cm³/mol. The molecule has 0 N–H and O–H groups in total. The van der Waals surface area contributed by atoms with Crippen molar-refractivity contribution >= 4 is 23.1 Å². The standard InChI is InChI=1S/C10H10.2ClH.Zr/c1-8-4-2-5-9-6-3-7-10(8)9;;;/h2-5,7H,6H2,1H3;2*1H;/q;;;+2/p-2. The molecule has 68 valence electrons. The van der Waals surface area contributed by atoms with Crippen LogP contribution in [0.1, 0.15) is 16.7 Å². The average molecular weight is 292 g/mol. The van der Waals surface area contributed by atoms with E-state index in [0.717, 1.165) is 6.42 Å². The number of benzene rings is 1. The van der Waals surface area contributed by atoms with Crippen LogP contribution in [0.25, 0.3) is 6.08 Å². The van der Waals surface area contributed by atoms with Gasteiger partial charge in [-0.15, -0.1) is 0 Å². The Labute approximate surface area is 97.6 Å². The van der Waals surface area contributed by atoms with Crippen molar-refractivity contribution < 1.29 is 20.8 Å². The molecule has 1 aliphatic carbocycles. The van der Waals surface area contributed by atoms with Gasteiger partial charge in [-0.05, 0) is 30.0 Å². The van der Waals surface area contributed by atoms with Gasteiger partial charge in [0.25, 0.3) is 0 Å². The third-order valence-corrected chi connectivity index (χ3v) is 2.04. The first kappa shape index (κ1) is 11.5. The van der Waals surface area contributed by atoms with Crippen molar-refractivity contribution in [2.75, 3.05) is 0 Å². The molecule has 0 bridgehead atoms. The van der Waals surface area contributed by atoms with E-state index in [-0.39, 0.29) is 0 Å². The Kier molecular flexibility index (Phi) is 5.32. The van der Waals surface area contributed by atoms with E-state index in [1.54, 1.807) is 0 Å². The van der Waals surface area contributed by atoms with Crippen molar-refractivity contribution in [3.63, 3.8) is 0 Å². The number of aryl methyl sites for hydroxylation is 1. The normalized spacial score (nSPS) is 11.6. The average Bonchev–Trinajstić information content (AvgIpc) is 2.54. The predicted octanol–water partition coefficient (Wildman–Crippen LogP) is 3.94. The molecule has 1 aliphatic rings. The minimum atomic E-state index is -0.826. The molecule has 1 aromatic carbocycles. The summed E-state index contributed by atoms with van der Waals surface area (Å²) in [5.41, 5.74) is 4.30. The Morgan fingerprint density at radius 3 is 2.62 bits per heavy atom. The van der Waals surface area contributed by atoms with Crippen LogP contribution in [-0.4, -0.2) is 0 Å². The van der Waals surface area contributed by atoms with Crippen LogP contribution < -0.4 is 0 Å². The molecule has 3 heteroatoms. The van der Waals surface area contributed by atoms with E-state index in [1.165, 1.54) is 16.7 Å². The molecule has 0 unspecified atom stereocenters. The van der Waals surface area contributed by atoms with E-state index in [0.29, 0.717) is 0 Å². The topological polar surface area (TPSA) is 0 Å². The quantitative estimate of drug-likeness (QED) is 0.679. The van der Waals surface area contributed by atoms with Crippen molar-refractivity contribution in [1.82, 2.24) is 0 Å². The van der Waals surface area contributed by atoms with E-state index in [1.807, 2.05) is 0 Å². The summed E-state index contributed by atoms with van der Waals surface area (Å²) in [4.78, 5) is 0. The number of hydrogen-bond donors (Lipinski definition) is 0. The fraction of sp³-hybridized carbons (Fsp3) is 0.200. The second-order valence-corrected chi connectivity index (χ2v) is 6.56. The van der Waals surface area contributed by atoms with Gasteiger partial charge in [0.15, 0.2) is 0 Å². The molecule has 13 heavy (non-hydrogen) atoms. The fourth-order valence-corrected chi connectivity index (χ4v) is 1.46. The Morgan fingerprint density at radius 1 is 1.31 bits per heavy atom. The molecule has 0 radical (unpaired) electrons. The van der Waals surface area contributed by atoms with Crippen LogP contribution in [0.3, 0.4) is 0 Å². The Bertz CT molecular complexity index is 308. The van der Waals surface area contributed by atoms with Crippen LogP contribution in [0.2, 0.25) is 0 Å². The van der Waals surface area contributed by atoms with E-state index in [2.05, 4.69) is 37.3 Å². The van der Waals surface area contributed by atoms with Crippen LogP contribution in [0.5, 0.6) is 0 Å². The van der Waals surface area contributed by atoms with Crippen molar-refractivity contribution in [3.05, 3.63) is 41.0 Å². The zero-order valence-corrected chi connectivity index (χ0v) is 11.3. The second-order valence-electron chi connectivity index (χ2n) is 2.83. The van der Waals surface area contributed by atoms with Crippen molar-refractivity contribution in [3.8, 4) is 0 Å². The molecule has 1 aromatic rings. The van der Waals surface area contributed by atoms with E-state index in [9.17, 15) is 0 Å². The van der Waals surface area contributed by atoms with Gasteiger partial charge in [-0.25, -0.2) is 0 Å². The molecule has 0 fully saturated rings. The summed E-state index contributed by atoms with van der Waals surface area (Å²) >= 11 is -0.826. The third-order valence-electron chi connectivity index (χ3n) is 2.04. The van der Waals surface area contributed by atoms with E-state index < -0.39 is 20.8 Å². The molecular formula is C10H10Cl2Zr. The first-order valence-electron chi connectivity index (χ1n) is 4.01. The van der Waals surface area contributed by atoms with Gasteiger partial charge < -0.3 is 0 Å². The summed E-state index contributed by atoms with van der Waals surface area (Å²) in [6.45, 7) is 2.16. The molecule has 0 amide bonds. The molecule has 0 saturated heterocycles.